The van der Waals surface area contributed by atoms with Gasteiger partial charge in [-0.3, -0.25) is 4.98 Å². The van der Waals surface area contributed by atoms with Crippen molar-refractivity contribution in [2.45, 2.75) is 25.3 Å². The molecule has 1 unspecified atom stereocenters. The third-order valence-electron chi connectivity index (χ3n) is 3.65. The third kappa shape index (κ3) is 2.61. The Bertz CT molecular complexity index is 551. The van der Waals surface area contributed by atoms with Crippen LogP contribution in [0.1, 0.15) is 29.3 Å². The molecule has 98 valence electrons. The number of aliphatic hydroxyl groups excluding tert-OH is 1. The van der Waals surface area contributed by atoms with E-state index in [1.54, 1.807) is 0 Å². The fourth-order valence-corrected chi connectivity index (χ4v) is 2.65. The molecule has 0 fully saturated rings. The van der Waals surface area contributed by atoms with Crippen molar-refractivity contribution >= 4 is 5.69 Å². The first-order valence-corrected chi connectivity index (χ1v) is 6.77. The highest BCUT2D eigenvalue weighted by molar-refractivity contribution is 5.48. The second kappa shape index (κ2) is 5.41. The normalized spacial score (nSPS) is 17.2. The molecule has 0 aliphatic heterocycles. The van der Waals surface area contributed by atoms with Crippen LogP contribution >= 0.6 is 0 Å². The maximum atomic E-state index is 8.90. The summed E-state index contributed by atoms with van der Waals surface area (Å²) in [4.78, 5) is 4.49. The van der Waals surface area contributed by atoms with E-state index in [0.717, 1.165) is 24.1 Å². The smallest absolute Gasteiger partial charge is 0.0691 e. The highest BCUT2D eigenvalue weighted by atomic mass is 16.2. The average Bonchev–Trinajstić information content (AvgIpc) is 2.85. The lowest BCUT2D eigenvalue weighted by atomic mass is 10.1. The van der Waals surface area contributed by atoms with Gasteiger partial charge in [0.1, 0.15) is 0 Å². The molecule has 0 saturated carbocycles. The molecule has 2 aromatic rings. The van der Waals surface area contributed by atoms with Crippen molar-refractivity contribution in [3.8, 4) is 0 Å². The Morgan fingerprint density at radius 1 is 1.21 bits per heavy atom. The van der Waals surface area contributed by atoms with E-state index >= 15 is 0 Å². The van der Waals surface area contributed by atoms with Gasteiger partial charge in [0.2, 0.25) is 0 Å². The standard InChI is InChI=1S/C16H18N2O/c19-11-9-12-3-6-14(7-4-12)18-15-8-5-13-2-1-10-17-16(13)15/h1-4,6-7,10,15,18-19H,5,8-9,11H2. The number of fused-ring (bicyclic) bond motifs is 1. The lowest BCUT2D eigenvalue weighted by Gasteiger charge is -2.14. The van der Waals surface area contributed by atoms with Crippen molar-refractivity contribution in [3.05, 3.63) is 59.4 Å². The maximum absolute atomic E-state index is 8.90. The van der Waals surface area contributed by atoms with Crippen molar-refractivity contribution in [1.29, 1.82) is 0 Å². The Kier molecular flexibility index (Phi) is 3.47. The number of aryl methyl sites for hydroxylation is 1. The number of rotatable bonds is 4. The molecule has 0 spiro atoms. The quantitative estimate of drug-likeness (QED) is 0.881. The second-order valence-electron chi connectivity index (χ2n) is 4.95. The van der Waals surface area contributed by atoms with Crippen molar-refractivity contribution in [2.75, 3.05) is 11.9 Å². The van der Waals surface area contributed by atoms with Gasteiger partial charge in [0.05, 0.1) is 11.7 Å². The summed E-state index contributed by atoms with van der Waals surface area (Å²) in [6, 6.07) is 12.8. The summed E-state index contributed by atoms with van der Waals surface area (Å²) in [6.45, 7) is 0.201. The van der Waals surface area contributed by atoms with Gasteiger partial charge >= 0.3 is 0 Å². The van der Waals surface area contributed by atoms with Gasteiger partial charge in [-0.1, -0.05) is 18.2 Å². The molecule has 19 heavy (non-hydrogen) atoms. The Morgan fingerprint density at radius 2 is 2.05 bits per heavy atom. The van der Waals surface area contributed by atoms with Gasteiger partial charge in [-0.2, -0.15) is 0 Å². The predicted molar refractivity (Wildman–Crippen MR) is 76.2 cm³/mol. The highest BCUT2D eigenvalue weighted by Crippen LogP contribution is 2.31. The van der Waals surface area contributed by atoms with Crippen LogP contribution in [0, 0.1) is 0 Å². The average molecular weight is 254 g/mol. The number of pyridine rings is 1. The molecule has 1 atom stereocenters. The Morgan fingerprint density at radius 3 is 2.84 bits per heavy atom. The van der Waals surface area contributed by atoms with Crippen LogP contribution in [-0.2, 0) is 12.8 Å². The molecule has 2 N–H and O–H groups in total. The van der Waals surface area contributed by atoms with E-state index in [4.69, 9.17) is 5.11 Å². The van der Waals surface area contributed by atoms with Crippen molar-refractivity contribution < 1.29 is 5.11 Å². The van der Waals surface area contributed by atoms with Crippen LogP contribution in [0.25, 0.3) is 0 Å². The van der Waals surface area contributed by atoms with Crippen molar-refractivity contribution in [2.24, 2.45) is 0 Å². The maximum Gasteiger partial charge on any atom is 0.0691 e. The Balaban J connectivity index is 1.72. The van der Waals surface area contributed by atoms with Crippen LogP contribution in [0.4, 0.5) is 5.69 Å². The summed E-state index contributed by atoms with van der Waals surface area (Å²) in [5, 5.41) is 12.4. The molecule has 3 rings (SSSR count). The molecule has 0 bridgehead atoms. The van der Waals surface area contributed by atoms with Crippen molar-refractivity contribution in [1.82, 2.24) is 4.98 Å². The topological polar surface area (TPSA) is 45.1 Å². The summed E-state index contributed by atoms with van der Waals surface area (Å²) >= 11 is 0. The fraction of sp³-hybridized carbons (Fsp3) is 0.312. The number of hydrogen-bond donors (Lipinski definition) is 2. The molecule has 3 heteroatoms. The molecule has 1 aromatic carbocycles. The molecule has 0 amide bonds. The number of hydrogen-bond acceptors (Lipinski definition) is 3. The molecule has 0 saturated heterocycles. The highest BCUT2D eigenvalue weighted by Gasteiger charge is 2.22. The number of aliphatic hydroxyl groups is 1. The molecule has 1 aromatic heterocycles. The first kappa shape index (κ1) is 12.2. The summed E-state index contributed by atoms with van der Waals surface area (Å²) in [7, 11) is 0. The Labute approximate surface area is 113 Å². The zero-order valence-electron chi connectivity index (χ0n) is 10.8. The summed E-state index contributed by atoms with van der Waals surface area (Å²) in [6.07, 6.45) is 4.78. The number of anilines is 1. The minimum atomic E-state index is 0.201. The molecule has 1 aliphatic carbocycles. The van der Waals surface area contributed by atoms with Gasteiger partial charge in [0.25, 0.3) is 0 Å². The first-order chi connectivity index (χ1) is 9.36. The van der Waals surface area contributed by atoms with Gasteiger partial charge in [-0.05, 0) is 48.6 Å². The number of aromatic nitrogens is 1. The van der Waals surface area contributed by atoms with Crippen LogP contribution in [0.2, 0.25) is 0 Å². The van der Waals surface area contributed by atoms with E-state index in [1.165, 1.54) is 11.3 Å². The zero-order valence-corrected chi connectivity index (χ0v) is 10.8. The minimum Gasteiger partial charge on any atom is -0.396 e. The van der Waals surface area contributed by atoms with Gasteiger partial charge in [-0.15, -0.1) is 0 Å². The van der Waals surface area contributed by atoms with Crippen LogP contribution in [-0.4, -0.2) is 16.7 Å². The van der Waals surface area contributed by atoms with Gasteiger partial charge in [0, 0.05) is 18.5 Å². The molecular weight excluding hydrogens is 236 g/mol. The van der Waals surface area contributed by atoms with Crippen LogP contribution in [0.15, 0.2) is 42.6 Å². The monoisotopic (exact) mass is 254 g/mol. The van der Waals surface area contributed by atoms with Crippen LogP contribution in [0.5, 0.6) is 0 Å². The predicted octanol–water partition coefficient (Wildman–Crippen LogP) is 2.72. The van der Waals surface area contributed by atoms with Crippen molar-refractivity contribution in [3.63, 3.8) is 0 Å². The summed E-state index contributed by atoms with van der Waals surface area (Å²) in [5.74, 6) is 0. The number of nitrogens with zero attached hydrogens (tertiary/aromatic N) is 1. The largest absolute Gasteiger partial charge is 0.396 e. The minimum absolute atomic E-state index is 0.201. The molecular formula is C16H18N2O. The van der Waals surface area contributed by atoms with Crippen LogP contribution < -0.4 is 5.32 Å². The molecule has 3 nitrogen and oxygen atoms in total. The zero-order chi connectivity index (χ0) is 13.1. The van der Waals surface area contributed by atoms with E-state index < -0.39 is 0 Å². The van der Waals surface area contributed by atoms with Crippen LogP contribution in [0.3, 0.4) is 0 Å². The van der Waals surface area contributed by atoms with E-state index in [-0.39, 0.29) is 6.61 Å². The first-order valence-electron chi connectivity index (χ1n) is 6.77. The Hall–Kier alpha value is -1.87. The molecule has 0 radical (unpaired) electrons. The number of nitrogens with one attached hydrogen (secondary N) is 1. The lowest BCUT2D eigenvalue weighted by molar-refractivity contribution is 0.299. The molecule has 1 heterocycles. The van der Waals surface area contributed by atoms with E-state index in [0.29, 0.717) is 12.5 Å². The number of benzene rings is 1. The van der Waals surface area contributed by atoms with E-state index in [2.05, 4.69) is 40.6 Å². The molecule has 1 aliphatic rings. The second-order valence-corrected chi connectivity index (χ2v) is 4.95. The van der Waals surface area contributed by atoms with Gasteiger partial charge in [0.15, 0.2) is 0 Å². The SMILES string of the molecule is OCCc1ccc(NC2CCc3cccnc32)cc1. The van der Waals surface area contributed by atoms with Gasteiger partial charge < -0.3 is 10.4 Å². The third-order valence-corrected chi connectivity index (χ3v) is 3.65. The summed E-state index contributed by atoms with van der Waals surface area (Å²) in [5.41, 5.74) is 4.82. The fourth-order valence-electron chi connectivity index (χ4n) is 2.65. The summed E-state index contributed by atoms with van der Waals surface area (Å²) < 4.78 is 0. The van der Waals surface area contributed by atoms with E-state index in [1.807, 2.05) is 12.3 Å². The van der Waals surface area contributed by atoms with E-state index in [9.17, 15) is 0 Å². The lowest BCUT2D eigenvalue weighted by Crippen LogP contribution is -2.08. The van der Waals surface area contributed by atoms with Gasteiger partial charge in [-0.25, -0.2) is 0 Å².